The molecule has 1 amide bonds. The van der Waals surface area contributed by atoms with Crippen molar-refractivity contribution in [2.75, 3.05) is 17.1 Å². The molecule has 27 heavy (non-hydrogen) atoms. The van der Waals surface area contributed by atoms with Gasteiger partial charge >= 0.3 is 0 Å². The molecular weight excluding hydrogens is 367 g/mol. The highest BCUT2D eigenvalue weighted by Gasteiger charge is 2.25. The van der Waals surface area contributed by atoms with Crippen LogP contribution in [0.4, 0.5) is 10.1 Å². The molecule has 0 heterocycles. The van der Waals surface area contributed by atoms with E-state index in [0.717, 1.165) is 27.3 Å². The minimum Gasteiger partial charge on any atom is -0.350 e. The van der Waals surface area contributed by atoms with Gasteiger partial charge in [0.05, 0.1) is 11.9 Å². The van der Waals surface area contributed by atoms with E-state index in [9.17, 15) is 17.6 Å². The lowest BCUT2D eigenvalue weighted by Gasteiger charge is -2.27. The largest absolute Gasteiger partial charge is 0.350 e. The number of rotatable bonds is 7. The Balaban J connectivity index is 2.23. The van der Waals surface area contributed by atoms with Crippen molar-refractivity contribution in [2.24, 2.45) is 0 Å². The van der Waals surface area contributed by atoms with E-state index in [-0.39, 0.29) is 24.8 Å². The molecule has 0 saturated carbocycles. The van der Waals surface area contributed by atoms with Crippen molar-refractivity contribution >= 4 is 21.6 Å². The molecule has 0 saturated heterocycles. The Morgan fingerprint density at radius 1 is 1.15 bits per heavy atom. The SMILES string of the molecule is Cc1cccc(C(C)C)c1N(CC(=O)NCc1ccc(F)cc1)S(C)(=O)=O. The molecular formula is C20H25FN2O3S. The lowest BCUT2D eigenvalue weighted by molar-refractivity contribution is -0.119. The fourth-order valence-electron chi connectivity index (χ4n) is 2.84. The number of nitrogens with one attached hydrogen (secondary N) is 1. The molecule has 7 heteroatoms. The van der Waals surface area contributed by atoms with Gasteiger partial charge in [0.15, 0.2) is 0 Å². The van der Waals surface area contributed by atoms with Gasteiger partial charge in [-0.25, -0.2) is 12.8 Å². The molecule has 0 fully saturated rings. The second-order valence-corrected chi connectivity index (χ2v) is 8.75. The van der Waals surface area contributed by atoms with Crippen molar-refractivity contribution in [1.82, 2.24) is 5.32 Å². The van der Waals surface area contributed by atoms with Crippen LogP contribution in [-0.2, 0) is 21.4 Å². The summed E-state index contributed by atoms with van der Waals surface area (Å²) in [7, 11) is -3.66. The van der Waals surface area contributed by atoms with Crippen LogP contribution in [0.5, 0.6) is 0 Å². The van der Waals surface area contributed by atoms with Gasteiger partial charge in [0, 0.05) is 6.54 Å². The van der Waals surface area contributed by atoms with E-state index in [4.69, 9.17) is 0 Å². The topological polar surface area (TPSA) is 66.5 Å². The number of halogens is 1. The molecule has 2 aromatic rings. The van der Waals surface area contributed by atoms with Crippen molar-refractivity contribution in [3.63, 3.8) is 0 Å². The Morgan fingerprint density at radius 2 is 1.78 bits per heavy atom. The second-order valence-electron chi connectivity index (χ2n) is 6.84. The highest BCUT2D eigenvalue weighted by molar-refractivity contribution is 7.92. The van der Waals surface area contributed by atoms with Crippen molar-refractivity contribution in [1.29, 1.82) is 0 Å². The predicted octanol–water partition coefficient (Wildman–Crippen LogP) is 3.34. The Hall–Kier alpha value is -2.41. The number of hydrogen-bond acceptors (Lipinski definition) is 3. The average molecular weight is 392 g/mol. The molecule has 0 aliphatic heterocycles. The van der Waals surface area contributed by atoms with Crippen LogP contribution in [0.1, 0.15) is 36.5 Å². The van der Waals surface area contributed by atoms with Crippen LogP contribution in [0.25, 0.3) is 0 Å². The molecule has 0 aromatic heterocycles. The maximum absolute atomic E-state index is 13.0. The molecule has 0 radical (unpaired) electrons. The fraction of sp³-hybridized carbons (Fsp3) is 0.350. The quantitative estimate of drug-likeness (QED) is 0.786. The smallest absolute Gasteiger partial charge is 0.241 e. The van der Waals surface area contributed by atoms with E-state index in [2.05, 4.69) is 5.32 Å². The lowest BCUT2D eigenvalue weighted by atomic mass is 9.98. The minimum atomic E-state index is -3.66. The van der Waals surface area contributed by atoms with Crippen LogP contribution in [0.3, 0.4) is 0 Å². The van der Waals surface area contributed by atoms with Gasteiger partial charge in [-0.1, -0.05) is 44.2 Å². The van der Waals surface area contributed by atoms with E-state index in [1.807, 2.05) is 39.0 Å². The summed E-state index contributed by atoms with van der Waals surface area (Å²) in [6.45, 7) is 5.67. The molecule has 0 unspecified atom stereocenters. The first-order chi connectivity index (χ1) is 12.6. The number of carbonyl (C=O) groups is 1. The van der Waals surface area contributed by atoms with Gasteiger partial charge in [0.2, 0.25) is 15.9 Å². The molecule has 1 N–H and O–H groups in total. The van der Waals surface area contributed by atoms with E-state index < -0.39 is 15.9 Å². The average Bonchev–Trinajstić information content (AvgIpc) is 2.58. The van der Waals surface area contributed by atoms with Crippen LogP contribution in [-0.4, -0.2) is 27.1 Å². The van der Waals surface area contributed by atoms with Gasteiger partial charge in [-0.3, -0.25) is 9.10 Å². The highest BCUT2D eigenvalue weighted by Crippen LogP contribution is 2.32. The zero-order valence-corrected chi connectivity index (χ0v) is 16.8. The van der Waals surface area contributed by atoms with E-state index in [1.165, 1.54) is 12.1 Å². The van der Waals surface area contributed by atoms with Crippen LogP contribution in [0, 0.1) is 12.7 Å². The molecule has 0 spiro atoms. The van der Waals surface area contributed by atoms with Crippen LogP contribution in [0.15, 0.2) is 42.5 Å². The third kappa shape index (κ3) is 5.53. The number of nitrogens with zero attached hydrogens (tertiary/aromatic N) is 1. The summed E-state index contributed by atoms with van der Waals surface area (Å²) in [5, 5.41) is 2.69. The van der Waals surface area contributed by atoms with Crippen LogP contribution >= 0.6 is 0 Å². The molecule has 5 nitrogen and oxygen atoms in total. The van der Waals surface area contributed by atoms with Crippen molar-refractivity contribution < 1.29 is 17.6 Å². The normalized spacial score (nSPS) is 11.5. The van der Waals surface area contributed by atoms with Crippen molar-refractivity contribution in [2.45, 2.75) is 33.2 Å². The first-order valence-electron chi connectivity index (χ1n) is 8.68. The number of benzene rings is 2. The van der Waals surface area contributed by atoms with E-state index in [0.29, 0.717) is 5.69 Å². The lowest BCUT2D eigenvalue weighted by Crippen LogP contribution is -2.41. The first-order valence-corrected chi connectivity index (χ1v) is 10.5. The number of amides is 1. The summed E-state index contributed by atoms with van der Waals surface area (Å²) in [6, 6.07) is 11.4. The van der Waals surface area contributed by atoms with Gasteiger partial charge in [0.25, 0.3) is 0 Å². The van der Waals surface area contributed by atoms with E-state index in [1.54, 1.807) is 12.1 Å². The summed E-state index contributed by atoms with van der Waals surface area (Å²) >= 11 is 0. The predicted molar refractivity (Wildman–Crippen MR) is 106 cm³/mol. The van der Waals surface area contributed by atoms with E-state index >= 15 is 0 Å². The maximum Gasteiger partial charge on any atom is 0.241 e. The van der Waals surface area contributed by atoms with Gasteiger partial charge in [-0.15, -0.1) is 0 Å². The van der Waals surface area contributed by atoms with Gasteiger partial charge in [-0.05, 0) is 41.7 Å². The zero-order valence-electron chi connectivity index (χ0n) is 16.0. The number of aryl methyl sites for hydroxylation is 1. The summed E-state index contributed by atoms with van der Waals surface area (Å²) in [4.78, 5) is 12.4. The Bertz CT molecular complexity index is 909. The molecule has 146 valence electrons. The summed E-state index contributed by atoms with van der Waals surface area (Å²) in [6.07, 6.45) is 1.09. The summed E-state index contributed by atoms with van der Waals surface area (Å²) < 4.78 is 38.9. The first kappa shape index (κ1) is 20.9. The number of anilines is 1. The highest BCUT2D eigenvalue weighted by atomic mass is 32.2. The minimum absolute atomic E-state index is 0.103. The molecule has 2 aromatic carbocycles. The number of carbonyl (C=O) groups excluding carboxylic acids is 1. The Morgan fingerprint density at radius 3 is 2.33 bits per heavy atom. The molecule has 0 aliphatic carbocycles. The summed E-state index contributed by atoms with van der Waals surface area (Å²) in [5.41, 5.74) is 2.94. The van der Waals surface area contributed by atoms with Crippen molar-refractivity contribution in [3.05, 3.63) is 65.0 Å². The monoisotopic (exact) mass is 392 g/mol. The zero-order chi connectivity index (χ0) is 20.2. The Labute approximate surface area is 160 Å². The standard InChI is InChI=1S/C20H25FN2O3S/c1-14(2)18-7-5-6-15(3)20(18)23(27(4,25)26)13-19(24)22-12-16-8-10-17(21)11-9-16/h5-11,14H,12-13H2,1-4H3,(H,22,24). The number of hydrogen-bond donors (Lipinski definition) is 1. The molecule has 0 bridgehead atoms. The molecule has 0 atom stereocenters. The fourth-order valence-corrected chi connectivity index (χ4v) is 3.77. The Kier molecular flexibility index (Phi) is 6.59. The maximum atomic E-state index is 13.0. The van der Waals surface area contributed by atoms with Gasteiger partial charge < -0.3 is 5.32 Å². The van der Waals surface area contributed by atoms with Crippen molar-refractivity contribution in [3.8, 4) is 0 Å². The van der Waals surface area contributed by atoms with Crippen LogP contribution in [0.2, 0.25) is 0 Å². The molecule has 0 aliphatic rings. The third-order valence-corrected chi connectivity index (χ3v) is 5.34. The second kappa shape index (κ2) is 8.52. The number of sulfonamides is 1. The number of para-hydroxylation sites is 1. The summed E-state index contributed by atoms with van der Waals surface area (Å²) in [5.74, 6) is -0.678. The third-order valence-electron chi connectivity index (χ3n) is 4.23. The van der Waals surface area contributed by atoms with Gasteiger partial charge in [-0.2, -0.15) is 0 Å². The van der Waals surface area contributed by atoms with Crippen LogP contribution < -0.4 is 9.62 Å². The van der Waals surface area contributed by atoms with Gasteiger partial charge in [0.1, 0.15) is 12.4 Å². The molecule has 2 rings (SSSR count).